The van der Waals surface area contributed by atoms with E-state index in [1.54, 1.807) is 33.5 Å². The summed E-state index contributed by atoms with van der Waals surface area (Å²) in [6.45, 7) is 0. The number of aromatic nitrogens is 1. The average molecular weight is 325 g/mol. The first kappa shape index (κ1) is 15.9. The molecule has 0 saturated heterocycles. The van der Waals surface area contributed by atoms with E-state index in [9.17, 15) is 4.79 Å². The highest BCUT2D eigenvalue weighted by Crippen LogP contribution is 2.32. The summed E-state index contributed by atoms with van der Waals surface area (Å²) in [6.07, 6.45) is 1.81. The predicted octanol–water partition coefficient (Wildman–Crippen LogP) is 3.23. The molecule has 0 fully saturated rings. The summed E-state index contributed by atoms with van der Waals surface area (Å²) in [6, 6.07) is 11.0. The van der Waals surface area contributed by atoms with Crippen LogP contribution in [0.1, 0.15) is 0 Å². The van der Waals surface area contributed by atoms with Gasteiger partial charge in [-0.15, -0.1) is 0 Å². The minimum Gasteiger partial charge on any atom is -0.497 e. The third-order valence-electron chi connectivity index (χ3n) is 4.09. The molecule has 2 aromatic carbocycles. The van der Waals surface area contributed by atoms with Gasteiger partial charge in [-0.3, -0.25) is 4.79 Å². The Morgan fingerprint density at radius 2 is 1.46 bits per heavy atom. The fourth-order valence-electron chi connectivity index (χ4n) is 2.89. The molecule has 0 unspecified atom stereocenters. The number of pyridine rings is 1. The Labute approximate surface area is 140 Å². The van der Waals surface area contributed by atoms with E-state index in [1.807, 2.05) is 42.1 Å². The second kappa shape index (κ2) is 6.28. The van der Waals surface area contributed by atoms with Crippen molar-refractivity contribution in [3.63, 3.8) is 0 Å². The van der Waals surface area contributed by atoms with E-state index < -0.39 is 0 Å². The Kier molecular flexibility index (Phi) is 4.16. The van der Waals surface area contributed by atoms with Gasteiger partial charge in [0, 0.05) is 18.8 Å². The summed E-state index contributed by atoms with van der Waals surface area (Å²) in [4.78, 5) is 13.1. The average Bonchev–Trinajstić information content (AvgIpc) is 2.63. The van der Waals surface area contributed by atoms with Crippen LogP contribution < -0.4 is 19.6 Å². The number of hydrogen-bond acceptors (Lipinski definition) is 4. The minimum atomic E-state index is -0.0935. The zero-order valence-electron chi connectivity index (χ0n) is 14.1. The van der Waals surface area contributed by atoms with Crippen molar-refractivity contribution in [2.45, 2.75) is 0 Å². The van der Waals surface area contributed by atoms with Gasteiger partial charge >= 0.3 is 0 Å². The monoisotopic (exact) mass is 325 g/mol. The Balaban J connectivity index is 2.35. The van der Waals surface area contributed by atoms with Crippen molar-refractivity contribution in [2.75, 3.05) is 21.3 Å². The molecule has 3 aromatic rings. The second-order valence-corrected chi connectivity index (χ2v) is 5.40. The summed E-state index contributed by atoms with van der Waals surface area (Å²) in [7, 11) is 6.64. The lowest BCUT2D eigenvalue weighted by Gasteiger charge is -2.15. The van der Waals surface area contributed by atoms with Gasteiger partial charge in [0.25, 0.3) is 0 Å². The number of hydrogen-bond donors (Lipinski definition) is 0. The maximum Gasteiger partial charge on any atom is 0.201 e. The molecule has 0 saturated carbocycles. The molecule has 0 spiro atoms. The van der Waals surface area contributed by atoms with Crippen molar-refractivity contribution in [1.29, 1.82) is 0 Å². The van der Waals surface area contributed by atoms with Crippen molar-refractivity contribution < 1.29 is 14.2 Å². The first-order valence-electron chi connectivity index (χ1n) is 7.49. The first-order chi connectivity index (χ1) is 11.6. The van der Waals surface area contributed by atoms with E-state index in [0.717, 1.165) is 11.3 Å². The van der Waals surface area contributed by atoms with Crippen molar-refractivity contribution in [1.82, 2.24) is 4.57 Å². The Morgan fingerprint density at radius 1 is 0.833 bits per heavy atom. The third-order valence-corrected chi connectivity index (χ3v) is 4.09. The van der Waals surface area contributed by atoms with Crippen LogP contribution in [0.25, 0.3) is 22.0 Å². The molecular weight excluding hydrogens is 306 g/mol. The highest BCUT2D eigenvalue weighted by Gasteiger charge is 2.17. The number of benzene rings is 2. The van der Waals surface area contributed by atoms with Gasteiger partial charge in [0.15, 0.2) is 0 Å². The Hall–Kier alpha value is -2.95. The number of fused-ring (bicyclic) bond motifs is 1. The van der Waals surface area contributed by atoms with E-state index in [2.05, 4.69) is 0 Å². The zero-order valence-corrected chi connectivity index (χ0v) is 14.1. The lowest BCUT2D eigenvalue weighted by molar-refractivity contribution is 0.408. The van der Waals surface area contributed by atoms with Gasteiger partial charge in [-0.25, -0.2) is 0 Å². The lowest BCUT2D eigenvalue weighted by Crippen LogP contribution is -2.12. The molecule has 0 N–H and O–H groups in total. The maximum absolute atomic E-state index is 13.1. The van der Waals surface area contributed by atoms with E-state index in [0.29, 0.717) is 28.0 Å². The van der Waals surface area contributed by atoms with Crippen molar-refractivity contribution >= 4 is 10.9 Å². The molecule has 5 heteroatoms. The molecule has 24 heavy (non-hydrogen) atoms. The zero-order chi connectivity index (χ0) is 17.3. The largest absolute Gasteiger partial charge is 0.497 e. The van der Waals surface area contributed by atoms with Crippen LogP contribution in [0.4, 0.5) is 0 Å². The minimum absolute atomic E-state index is 0.0935. The standard InChI is InChI=1S/C19H19NO4/c1-20-11-14(12-5-7-13(22-2)8-6-12)19(21)17-15(23-3)9-10-16(24-4)18(17)20/h5-11H,1-4H3. The van der Waals surface area contributed by atoms with Crippen LogP contribution in [-0.4, -0.2) is 25.9 Å². The van der Waals surface area contributed by atoms with Crippen molar-refractivity contribution in [3.05, 3.63) is 52.8 Å². The highest BCUT2D eigenvalue weighted by atomic mass is 16.5. The molecule has 0 bridgehead atoms. The van der Waals surface area contributed by atoms with E-state index in [-0.39, 0.29) is 5.43 Å². The van der Waals surface area contributed by atoms with Crippen LogP contribution in [0.5, 0.6) is 17.2 Å². The Morgan fingerprint density at radius 3 is 2.04 bits per heavy atom. The Bertz CT molecular complexity index is 942. The topological polar surface area (TPSA) is 49.7 Å². The van der Waals surface area contributed by atoms with E-state index in [1.165, 1.54) is 0 Å². The summed E-state index contributed by atoms with van der Waals surface area (Å²) < 4.78 is 17.9. The molecule has 0 amide bonds. The van der Waals surface area contributed by atoms with Gasteiger partial charge in [-0.2, -0.15) is 0 Å². The fraction of sp³-hybridized carbons (Fsp3) is 0.211. The van der Waals surface area contributed by atoms with Crippen LogP contribution in [0, 0.1) is 0 Å². The number of rotatable bonds is 4. The highest BCUT2D eigenvalue weighted by molar-refractivity contribution is 5.93. The van der Waals surface area contributed by atoms with Crippen molar-refractivity contribution in [2.24, 2.45) is 7.05 Å². The smallest absolute Gasteiger partial charge is 0.201 e. The van der Waals surface area contributed by atoms with Gasteiger partial charge in [0.2, 0.25) is 5.43 Å². The van der Waals surface area contributed by atoms with Crippen LogP contribution in [0.2, 0.25) is 0 Å². The lowest BCUT2D eigenvalue weighted by atomic mass is 10.0. The summed E-state index contributed by atoms with van der Waals surface area (Å²) >= 11 is 0. The molecule has 0 atom stereocenters. The number of nitrogens with zero attached hydrogens (tertiary/aromatic N) is 1. The number of methoxy groups -OCH3 is 3. The molecule has 3 rings (SSSR count). The van der Waals surface area contributed by atoms with Gasteiger partial charge in [0.1, 0.15) is 17.2 Å². The molecule has 0 aliphatic carbocycles. The molecule has 1 heterocycles. The van der Waals surface area contributed by atoms with Crippen molar-refractivity contribution in [3.8, 4) is 28.4 Å². The van der Waals surface area contributed by atoms with Gasteiger partial charge in [0.05, 0.1) is 32.2 Å². The molecular formula is C19H19NO4. The molecule has 124 valence electrons. The van der Waals surface area contributed by atoms with Gasteiger partial charge in [-0.05, 0) is 29.8 Å². The van der Waals surface area contributed by atoms with Crippen LogP contribution in [0.3, 0.4) is 0 Å². The summed E-state index contributed by atoms with van der Waals surface area (Å²) in [5, 5.41) is 0.507. The summed E-state index contributed by atoms with van der Waals surface area (Å²) in [5.41, 5.74) is 2.03. The molecule has 5 nitrogen and oxygen atoms in total. The normalized spacial score (nSPS) is 10.7. The van der Waals surface area contributed by atoms with E-state index in [4.69, 9.17) is 14.2 Å². The fourth-order valence-corrected chi connectivity index (χ4v) is 2.89. The maximum atomic E-state index is 13.1. The van der Waals surface area contributed by atoms with Crippen LogP contribution >= 0.6 is 0 Å². The van der Waals surface area contributed by atoms with Gasteiger partial charge < -0.3 is 18.8 Å². The second-order valence-electron chi connectivity index (χ2n) is 5.40. The molecule has 0 aliphatic heterocycles. The number of aryl methyl sites for hydroxylation is 1. The number of ether oxygens (including phenoxy) is 3. The molecule has 0 aliphatic rings. The quantitative estimate of drug-likeness (QED) is 0.739. The van der Waals surface area contributed by atoms with Gasteiger partial charge in [-0.1, -0.05) is 12.1 Å². The third kappa shape index (κ3) is 2.48. The van der Waals surface area contributed by atoms with Crippen LogP contribution in [0.15, 0.2) is 47.4 Å². The first-order valence-corrected chi connectivity index (χ1v) is 7.49. The van der Waals surface area contributed by atoms with Crippen LogP contribution in [-0.2, 0) is 7.05 Å². The molecule has 1 aromatic heterocycles. The predicted molar refractivity (Wildman–Crippen MR) is 94.3 cm³/mol. The SMILES string of the molecule is COc1ccc(-c2cn(C)c3c(OC)ccc(OC)c3c2=O)cc1. The van der Waals surface area contributed by atoms with E-state index >= 15 is 0 Å². The molecule has 0 radical (unpaired) electrons. The summed E-state index contributed by atoms with van der Waals surface area (Å²) in [5.74, 6) is 1.91.